The van der Waals surface area contributed by atoms with E-state index in [2.05, 4.69) is 20.4 Å². The van der Waals surface area contributed by atoms with E-state index in [9.17, 15) is 4.79 Å². The van der Waals surface area contributed by atoms with Crippen molar-refractivity contribution in [3.63, 3.8) is 0 Å². The zero-order chi connectivity index (χ0) is 16.7. The molecule has 0 aliphatic carbocycles. The van der Waals surface area contributed by atoms with Gasteiger partial charge in [0, 0.05) is 39.3 Å². The third-order valence-corrected chi connectivity index (χ3v) is 3.71. The van der Waals surface area contributed by atoms with Crippen molar-refractivity contribution in [2.24, 2.45) is 4.99 Å². The van der Waals surface area contributed by atoms with E-state index < -0.39 is 0 Å². The van der Waals surface area contributed by atoms with Crippen LogP contribution >= 0.6 is 24.0 Å². The molecule has 1 aromatic rings. The van der Waals surface area contributed by atoms with E-state index in [1.54, 1.807) is 11.9 Å². The maximum Gasteiger partial charge on any atom is 0.409 e. The van der Waals surface area contributed by atoms with Gasteiger partial charge in [-0.2, -0.15) is 0 Å². The van der Waals surface area contributed by atoms with Crippen molar-refractivity contribution >= 4 is 36.0 Å². The summed E-state index contributed by atoms with van der Waals surface area (Å²) in [7, 11) is 1.75. The summed E-state index contributed by atoms with van der Waals surface area (Å²) in [5.74, 6) is 1.58. The second-order valence-electron chi connectivity index (χ2n) is 5.21. The number of aliphatic imine (C=N–C) groups is 1. The number of amides is 1. The van der Waals surface area contributed by atoms with Crippen molar-refractivity contribution in [1.82, 2.24) is 20.3 Å². The standard InChI is InChI=1S/C15H25N5O3.HI/c1-4-12-10-13(23-18-12)11-17-14(16-3)19-6-8-20(9-7-19)15(21)22-5-2;/h10H,4-9,11H2,1-3H3,(H,16,17);1H. The molecule has 0 bridgehead atoms. The maximum atomic E-state index is 11.7. The number of carbonyl (C=O) groups excluding carboxylic acids is 1. The zero-order valence-electron chi connectivity index (χ0n) is 14.4. The Bertz CT molecular complexity index is 541. The first-order chi connectivity index (χ1) is 11.2. The lowest BCUT2D eigenvalue weighted by Crippen LogP contribution is -2.53. The lowest BCUT2D eigenvalue weighted by atomic mass is 10.3. The van der Waals surface area contributed by atoms with Gasteiger partial charge < -0.3 is 24.4 Å². The Balaban J connectivity index is 0.00000288. The Morgan fingerprint density at radius 2 is 2.00 bits per heavy atom. The molecule has 1 N–H and O–H groups in total. The van der Waals surface area contributed by atoms with Gasteiger partial charge in [0.25, 0.3) is 0 Å². The summed E-state index contributed by atoms with van der Waals surface area (Å²) in [5, 5.41) is 7.24. The van der Waals surface area contributed by atoms with Crippen LogP contribution in [0.3, 0.4) is 0 Å². The molecule has 0 aromatic carbocycles. The molecule has 136 valence electrons. The fraction of sp³-hybridized carbons (Fsp3) is 0.667. The fourth-order valence-corrected chi connectivity index (χ4v) is 2.42. The Kier molecular flexibility index (Phi) is 8.87. The van der Waals surface area contributed by atoms with Crippen molar-refractivity contribution in [3.8, 4) is 0 Å². The monoisotopic (exact) mass is 451 g/mol. The predicted molar refractivity (Wildman–Crippen MR) is 102 cm³/mol. The minimum atomic E-state index is -0.246. The second kappa shape index (κ2) is 10.4. The van der Waals surface area contributed by atoms with Gasteiger partial charge in [0.05, 0.1) is 18.8 Å². The third kappa shape index (κ3) is 5.53. The van der Waals surface area contributed by atoms with Gasteiger partial charge in [-0.15, -0.1) is 24.0 Å². The zero-order valence-corrected chi connectivity index (χ0v) is 16.8. The van der Waals surface area contributed by atoms with E-state index in [1.807, 2.05) is 19.9 Å². The number of hydrogen-bond donors (Lipinski definition) is 1. The number of piperazine rings is 1. The molecule has 9 heteroatoms. The molecule has 0 saturated carbocycles. The van der Waals surface area contributed by atoms with E-state index >= 15 is 0 Å². The van der Waals surface area contributed by atoms with Crippen molar-refractivity contribution in [2.75, 3.05) is 39.8 Å². The number of aryl methyl sites for hydroxylation is 1. The van der Waals surface area contributed by atoms with Crippen molar-refractivity contribution < 1.29 is 14.1 Å². The molecule has 1 aromatic heterocycles. The highest BCUT2D eigenvalue weighted by Gasteiger charge is 2.23. The SMILES string of the molecule is CCOC(=O)N1CCN(C(=NC)NCc2cc(CC)no2)CC1.I. The normalized spacial score (nSPS) is 15.0. The smallest absolute Gasteiger partial charge is 0.409 e. The highest BCUT2D eigenvalue weighted by Crippen LogP contribution is 2.06. The topological polar surface area (TPSA) is 83.2 Å². The van der Waals surface area contributed by atoms with Crippen LogP contribution < -0.4 is 5.32 Å². The van der Waals surface area contributed by atoms with Gasteiger partial charge in [-0.25, -0.2) is 4.79 Å². The molecular weight excluding hydrogens is 425 g/mol. The number of rotatable bonds is 4. The molecule has 1 amide bonds. The molecular formula is C15H26IN5O3. The third-order valence-electron chi connectivity index (χ3n) is 3.71. The summed E-state index contributed by atoms with van der Waals surface area (Å²) in [6.07, 6.45) is 0.609. The van der Waals surface area contributed by atoms with Gasteiger partial charge >= 0.3 is 6.09 Å². The van der Waals surface area contributed by atoms with E-state index in [0.29, 0.717) is 26.2 Å². The van der Waals surface area contributed by atoms with Gasteiger partial charge in [0.15, 0.2) is 11.7 Å². The largest absolute Gasteiger partial charge is 0.450 e. The minimum absolute atomic E-state index is 0. The number of guanidine groups is 1. The summed E-state index contributed by atoms with van der Waals surface area (Å²) in [5.41, 5.74) is 0.944. The second-order valence-corrected chi connectivity index (χ2v) is 5.21. The Hall–Kier alpha value is -1.52. The van der Waals surface area contributed by atoms with E-state index in [4.69, 9.17) is 9.26 Å². The molecule has 0 unspecified atom stereocenters. The first kappa shape index (κ1) is 20.5. The van der Waals surface area contributed by atoms with Crippen molar-refractivity contribution in [2.45, 2.75) is 26.8 Å². The highest BCUT2D eigenvalue weighted by atomic mass is 127. The molecule has 1 saturated heterocycles. The van der Waals surface area contributed by atoms with Crippen LogP contribution in [0.4, 0.5) is 4.79 Å². The molecule has 1 aliphatic rings. The minimum Gasteiger partial charge on any atom is -0.450 e. The average molecular weight is 451 g/mol. The van der Waals surface area contributed by atoms with Crippen LogP contribution in [0.25, 0.3) is 0 Å². The quantitative estimate of drug-likeness (QED) is 0.427. The summed E-state index contributed by atoms with van der Waals surface area (Å²) in [6, 6.07) is 1.94. The number of hydrogen-bond acceptors (Lipinski definition) is 5. The van der Waals surface area contributed by atoms with Crippen LogP contribution in [-0.2, 0) is 17.7 Å². The van der Waals surface area contributed by atoms with Crippen LogP contribution in [0.15, 0.2) is 15.6 Å². The first-order valence-electron chi connectivity index (χ1n) is 7.99. The maximum absolute atomic E-state index is 11.7. The molecule has 1 fully saturated rings. The van der Waals surface area contributed by atoms with Gasteiger partial charge in [0.1, 0.15) is 0 Å². The molecule has 24 heavy (non-hydrogen) atoms. The molecule has 0 atom stereocenters. The Morgan fingerprint density at radius 3 is 2.54 bits per heavy atom. The van der Waals surface area contributed by atoms with Crippen molar-refractivity contribution in [1.29, 1.82) is 0 Å². The molecule has 1 aliphatic heterocycles. The van der Waals surface area contributed by atoms with Crippen LogP contribution in [0.1, 0.15) is 25.3 Å². The number of halogens is 1. The molecule has 2 heterocycles. The Morgan fingerprint density at radius 1 is 1.33 bits per heavy atom. The van der Waals surface area contributed by atoms with Crippen LogP contribution in [0.2, 0.25) is 0 Å². The van der Waals surface area contributed by atoms with E-state index in [0.717, 1.165) is 36.9 Å². The van der Waals surface area contributed by atoms with Gasteiger partial charge in [-0.1, -0.05) is 12.1 Å². The van der Waals surface area contributed by atoms with Crippen LogP contribution in [0, 0.1) is 0 Å². The predicted octanol–water partition coefficient (Wildman–Crippen LogP) is 1.70. The van der Waals surface area contributed by atoms with E-state index in [-0.39, 0.29) is 30.1 Å². The molecule has 2 rings (SSSR count). The average Bonchev–Trinajstić information content (AvgIpc) is 3.04. The van der Waals surface area contributed by atoms with Crippen LogP contribution in [0.5, 0.6) is 0 Å². The van der Waals surface area contributed by atoms with Gasteiger partial charge in [0.2, 0.25) is 0 Å². The number of aromatic nitrogens is 1. The van der Waals surface area contributed by atoms with E-state index in [1.165, 1.54) is 0 Å². The summed E-state index contributed by atoms with van der Waals surface area (Å²) >= 11 is 0. The first-order valence-corrected chi connectivity index (χ1v) is 7.99. The van der Waals surface area contributed by atoms with Gasteiger partial charge in [-0.3, -0.25) is 4.99 Å². The summed E-state index contributed by atoms with van der Waals surface area (Å²) in [6.45, 7) is 7.48. The fourth-order valence-electron chi connectivity index (χ4n) is 2.42. The lowest BCUT2D eigenvalue weighted by molar-refractivity contribution is 0.0914. The number of nitrogens with one attached hydrogen (secondary N) is 1. The van der Waals surface area contributed by atoms with Crippen LogP contribution in [-0.4, -0.2) is 66.8 Å². The summed E-state index contributed by atoms with van der Waals surface area (Å²) < 4.78 is 10.3. The summed E-state index contributed by atoms with van der Waals surface area (Å²) in [4.78, 5) is 19.8. The van der Waals surface area contributed by atoms with Gasteiger partial charge in [-0.05, 0) is 13.3 Å². The highest BCUT2D eigenvalue weighted by molar-refractivity contribution is 14.0. The Labute approximate surface area is 159 Å². The molecule has 8 nitrogen and oxygen atoms in total. The molecule has 0 spiro atoms. The number of nitrogens with zero attached hydrogens (tertiary/aromatic N) is 4. The van der Waals surface area contributed by atoms with Crippen molar-refractivity contribution in [3.05, 3.63) is 17.5 Å². The number of carbonyl (C=O) groups is 1. The number of ether oxygens (including phenoxy) is 1. The lowest BCUT2D eigenvalue weighted by Gasteiger charge is -2.35. The molecule has 0 radical (unpaired) electrons.